The average molecular weight is 383 g/mol. The van der Waals surface area contributed by atoms with Crippen molar-refractivity contribution in [3.05, 3.63) is 0 Å². The quantitative estimate of drug-likeness (QED) is 0.698. The van der Waals surface area contributed by atoms with Crippen molar-refractivity contribution in [2.24, 2.45) is 5.16 Å². The number of hydrogen-bond acceptors (Lipinski definition) is 6. The maximum Gasteiger partial charge on any atom is 0.410 e. The zero-order valence-corrected chi connectivity index (χ0v) is 17.2. The van der Waals surface area contributed by atoms with E-state index in [9.17, 15) is 9.59 Å². The Hall–Kier alpha value is -1.99. The lowest BCUT2D eigenvalue weighted by molar-refractivity contribution is 0.00305. The molecule has 27 heavy (non-hydrogen) atoms. The molecule has 0 saturated carbocycles. The van der Waals surface area contributed by atoms with Crippen LogP contribution in [0, 0.1) is 0 Å². The Morgan fingerprint density at radius 2 is 1.56 bits per heavy atom. The summed E-state index contributed by atoms with van der Waals surface area (Å²) in [6, 6.07) is 0. The van der Waals surface area contributed by atoms with Gasteiger partial charge in [-0.25, -0.2) is 9.59 Å². The van der Waals surface area contributed by atoms with Crippen molar-refractivity contribution in [3.8, 4) is 0 Å². The third kappa shape index (κ3) is 7.27. The van der Waals surface area contributed by atoms with E-state index < -0.39 is 5.60 Å². The van der Waals surface area contributed by atoms with Crippen LogP contribution in [0.25, 0.3) is 0 Å². The Morgan fingerprint density at radius 3 is 2.07 bits per heavy atom. The molecule has 2 aliphatic heterocycles. The van der Waals surface area contributed by atoms with Crippen LogP contribution >= 0.6 is 0 Å². The molecule has 0 aromatic carbocycles. The third-order valence-electron chi connectivity index (χ3n) is 4.36. The van der Waals surface area contributed by atoms with Gasteiger partial charge in [-0.05, 0) is 34.6 Å². The van der Waals surface area contributed by atoms with Crippen LogP contribution in [0.5, 0.6) is 0 Å². The molecule has 2 aliphatic rings. The second kappa shape index (κ2) is 9.28. The van der Waals surface area contributed by atoms with Crippen LogP contribution in [-0.2, 0) is 14.3 Å². The molecule has 2 amide bonds. The van der Waals surface area contributed by atoms with E-state index in [1.807, 2.05) is 34.6 Å². The molecule has 0 aromatic heterocycles. The summed E-state index contributed by atoms with van der Waals surface area (Å²) >= 11 is 0. The molecule has 154 valence electrons. The van der Waals surface area contributed by atoms with Gasteiger partial charge in [0, 0.05) is 51.9 Å². The molecule has 8 heteroatoms. The number of carbonyl (C=O) groups excluding carboxylic acids is 2. The Labute approximate surface area is 161 Å². The standard InChI is InChI=1S/C19H33N3O5/c1-14(2)25-17(23)21-12-8-16(9-13-21)27-20-15-6-10-22(11-7-15)18(24)26-19(3,4)5/h14,16H,6-13H2,1-5H3. The predicted molar refractivity (Wildman–Crippen MR) is 102 cm³/mol. The zero-order chi connectivity index (χ0) is 20.0. The molecule has 2 fully saturated rings. The van der Waals surface area contributed by atoms with Gasteiger partial charge >= 0.3 is 12.2 Å². The van der Waals surface area contributed by atoms with Crippen molar-refractivity contribution >= 4 is 17.9 Å². The van der Waals surface area contributed by atoms with E-state index in [0.29, 0.717) is 39.0 Å². The molecular formula is C19H33N3O5. The molecule has 0 unspecified atom stereocenters. The largest absolute Gasteiger partial charge is 0.447 e. The summed E-state index contributed by atoms with van der Waals surface area (Å²) in [7, 11) is 0. The van der Waals surface area contributed by atoms with E-state index >= 15 is 0 Å². The van der Waals surface area contributed by atoms with Crippen molar-refractivity contribution in [3.63, 3.8) is 0 Å². The van der Waals surface area contributed by atoms with Crippen LogP contribution in [0.4, 0.5) is 9.59 Å². The van der Waals surface area contributed by atoms with Gasteiger partial charge in [-0.2, -0.15) is 0 Å². The fourth-order valence-electron chi connectivity index (χ4n) is 2.93. The minimum Gasteiger partial charge on any atom is -0.447 e. The molecule has 0 N–H and O–H groups in total. The number of ether oxygens (including phenoxy) is 2. The number of carbonyl (C=O) groups is 2. The van der Waals surface area contributed by atoms with Gasteiger partial charge in [0.05, 0.1) is 11.8 Å². The second-order valence-electron chi connectivity index (χ2n) is 8.35. The van der Waals surface area contributed by atoms with Gasteiger partial charge in [-0.1, -0.05) is 5.16 Å². The highest BCUT2D eigenvalue weighted by atomic mass is 16.6. The molecule has 0 aromatic rings. The highest BCUT2D eigenvalue weighted by Gasteiger charge is 2.27. The maximum atomic E-state index is 12.1. The van der Waals surface area contributed by atoms with Gasteiger partial charge < -0.3 is 24.1 Å². The fraction of sp³-hybridized carbons (Fsp3) is 0.842. The molecule has 0 radical (unpaired) electrons. The first-order valence-electron chi connectivity index (χ1n) is 9.79. The summed E-state index contributed by atoms with van der Waals surface area (Å²) in [5.74, 6) is 0. The van der Waals surface area contributed by atoms with E-state index in [-0.39, 0.29) is 24.4 Å². The summed E-state index contributed by atoms with van der Waals surface area (Å²) < 4.78 is 10.6. The highest BCUT2D eigenvalue weighted by molar-refractivity contribution is 5.86. The summed E-state index contributed by atoms with van der Waals surface area (Å²) in [5.41, 5.74) is 0.488. The van der Waals surface area contributed by atoms with Gasteiger partial charge in [0.1, 0.15) is 11.7 Å². The van der Waals surface area contributed by atoms with E-state index in [2.05, 4.69) is 5.16 Å². The van der Waals surface area contributed by atoms with Crippen molar-refractivity contribution in [1.29, 1.82) is 0 Å². The molecule has 8 nitrogen and oxygen atoms in total. The molecule has 2 rings (SSSR count). The molecule has 0 atom stereocenters. The number of rotatable bonds is 3. The molecule has 0 spiro atoms. The predicted octanol–water partition coefficient (Wildman–Crippen LogP) is 3.40. The van der Waals surface area contributed by atoms with Gasteiger partial charge in [-0.3, -0.25) is 0 Å². The summed E-state index contributed by atoms with van der Waals surface area (Å²) in [4.78, 5) is 33.1. The number of nitrogens with zero attached hydrogens (tertiary/aromatic N) is 3. The Bertz CT molecular complexity index is 538. The molecule has 2 saturated heterocycles. The number of piperidine rings is 2. The fourth-order valence-corrected chi connectivity index (χ4v) is 2.93. The molecule has 0 aliphatic carbocycles. The molecule has 2 heterocycles. The lowest BCUT2D eigenvalue weighted by Crippen LogP contribution is -2.42. The Morgan fingerprint density at radius 1 is 1.00 bits per heavy atom. The van der Waals surface area contributed by atoms with E-state index in [4.69, 9.17) is 14.3 Å². The van der Waals surface area contributed by atoms with Crippen molar-refractivity contribution in [2.75, 3.05) is 26.2 Å². The summed E-state index contributed by atoms with van der Waals surface area (Å²) in [6.45, 7) is 11.7. The van der Waals surface area contributed by atoms with Gasteiger partial charge in [0.2, 0.25) is 0 Å². The zero-order valence-electron chi connectivity index (χ0n) is 17.2. The first-order chi connectivity index (χ1) is 12.6. The van der Waals surface area contributed by atoms with E-state index in [0.717, 1.165) is 18.6 Å². The second-order valence-corrected chi connectivity index (χ2v) is 8.35. The SMILES string of the molecule is CC(C)OC(=O)N1CCC(ON=C2CCN(C(=O)OC(C)(C)C)CC2)CC1. The van der Waals surface area contributed by atoms with Gasteiger partial charge in [0.25, 0.3) is 0 Å². The van der Waals surface area contributed by atoms with Crippen LogP contribution in [0.1, 0.15) is 60.3 Å². The van der Waals surface area contributed by atoms with Crippen molar-refractivity contribution in [1.82, 2.24) is 9.80 Å². The smallest absolute Gasteiger partial charge is 0.410 e. The third-order valence-corrected chi connectivity index (χ3v) is 4.36. The summed E-state index contributed by atoms with van der Waals surface area (Å²) in [6.07, 6.45) is 2.25. The lowest BCUT2D eigenvalue weighted by Gasteiger charge is -2.31. The number of amides is 2. The topological polar surface area (TPSA) is 80.7 Å². The monoisotopic (exact) mass is 383 g/mol. The van der Waals surface area contributed by atoms with Crippen LogP contribution in [0.2, 0.25) is 0 Å². The van der Waals surface area contributed by atoms with Crippen LogP contribution in [0.3, 0.4) is 0 Å². The number of oxime groups is 1. The minimum atomic E-state index is -0.481. The lowest BCUT2D eigenvalue weighted by atomic mass is 10.1. The van der Waals surface area contributed by atoms with E-state index in [1.165, 1.54) is 0 Å². The van der Waals surface area contributed by atoms with Crippen molar-refractivity contribution < 1.29 is 23.9 Å². The van der Waals surface area contributed by atoms with Gasteiger partial charge in [0.15, 0.2) is 0 Å². The molecular weight excluding hydrogens is 350 g/mol. The first kappa shape index (κ1) is 21.3. The Balaban J connectivity index is 1.70. The Kier molecular flexibility index (Phi) is 7.33. The average Bonchev–Trinajstić information content (AvgIpc) is 2.59. The van der Waals surface area contributed by atoms with Crippen LogP contribution < -0.4 is 0 Å². The van der Waals surface area contributed by atoms with E-state index in [1.54, 1.807) is 9.80 Å². The highest BCUT2D eigenvalue weighted by Crippen LogP contribution is 2.18. The number of hydrogen-bond donors (Lipinski definition) is 0. The number of likely N-dealkylation sites (tertiary alicyclic amines) is 2. The summed E-state index contributed by atoms with van der Waals surface area (Å²) in [5, 5.41) is 4.30. The van der Waals surface area contributed by atoms with Crippen LogP contribution in [-0.4, -0.2) is 71.7 Å². The molecule has 0 bridgehead atoms. The van der Waals surface area contributed by atoms with Gasteiger partial charge in [-0.15, -0.1) is 0 Å². The van der Waals surface area contributed by atoms with Crippen LogP contribution in [0.15, 0.2) is 5.16 Å². The normalized spacial score (nSPS) is 19.1. The first-order valence-corrected chi connectivity index (χ1v) is 9.79. The minimum absolute atomic E-state index is 0.0180. The van der Waals surface area contributed by atoms with Crippen molar-refractivity contribution in [2.45, 2.75) is 78.1 Å². The maximum absolute atomic E-state index is 12.1.